The van der Waals surface area contributed by atoms with Crippen LogP contribution in [0.4, 0.5) is 0 Å². The minimum Gasteiger partial charge on any atom is -0.491 e. The highest BCUT2D eigenvalue weighted by molar-refractivity contribution is 5.96. The maximum absolute atomic E-state index is 11.9. The van der Waals surface area contributed by atoms with Crippen LogP contribution in [0.25, 0.3) is 10.8 Å². The second-order valence-electron chi connectivity index (χ2n) is 5.71. The molecule has 0 saturated carbocycles. The van der Waals surface area contributed by atoms with Gasteiger partial charge < -0.3 is 15.2 Å². The Hall–Kier alpha value is -2.56. The Morgan fingerprint density at radius 2 is 1.83 bits per heavy atom. The number of ether oxygens (including phenoxy) is 1. The number of fused-ring (bicyclic) bond motifs is 1. The molecule has 0 fully saturated rings. The Kier molecular flexibility index (Phi) is 5.21. The number of nitrogens with one attached hydrogen (secondary N) is 1. The fourth-order valence-electron chi connectivity index (χ4n) is 2.30. The maximum Gasteiger partial charge on any atom is 0.315 e. The molecule has 5 heteroatoms. The quantitative estimate of drug-likeness (QED) is 0.804. The molecule has 0 bridgehead atoms. The van der Waals surface area contributed by atoms with E-state index in [1.165, 1.54) is 6.92 Å². The molecule has 2 N–H and O–H groups in total. The summed E-state index contributed by atoms with van der Waals surface area (Å²) in [6, 6.07) is 11.7. The molecule has 0 aliphatic carbocycles. The molecule has 1 atom stereocenters. The van der Waals surface area contributed by atoms with E-state index < -0.39 is 17.8 Å². The van der Waals surface area contributed by atoms with E-state index in [0.29, 0.717) is 5.75 Å². The zero-order chi connectivity index (χ0) is 17.0. The van der Waals surface area contributed by atoms with E-state index in [1.54, 1.807) is 0 Å². The number of carboxylic acid groups (broad SMARTS) is 1. The van der Waals surface area contributed by atoms with Crippen molar-refractivity contribution >= 4 is 22.6 Å². The molecule has 2 rings (SSSR count). The van der Waals surface area contributed by atoms with Crippen LogP contribution < -0.4 is 10.1 Å². The van der Waals surface area contributed by atoms with Gasteiger partial charge in [-0.1, -0.05) is 30.3 Å². The predicted octanol–water partition coefficient (Wildman–Crippen LogP) is 2.96. The van der Waals surface area contributed by atoms with Crippen molar-refractivity contribution < 1.29 is 19.4 Å². The monoisotopic (exact) mass is 315 g/mol. The average molecular weight is 315 g/mol. The summed E-state index contributed by atoms with van der Waals surface area (Å²) in [5.74, 6) is -2.04. The molecule has 0 aliphatic rings. The number of hydrogen-bond donors (Lipinski definition) is 2. The van der Waals surface area contributed by atoms with Gasteiger partial charge in [0.25, 0.3) is 0 Å². The van der Waals surface area contributed by atoms with Crippen molar-refractivity contribution in [2.24, 2.45) is 5.92 Å². The van der Waals surface area contributed by atoms with Gasteiger partial charge in [0.1, 0.15) is 11.7 Å². The summed E-state index contributed by atoms with van der Waals surface area (Å²) >= 11 is 0. The van der Waals surface area contributed by atoms with Crippen LogP contribution in [0.1, 0.15) is 26.3 Å². The normalized spacial score (nSPS) is 12.2. The van der Waals surface area contributed by atoms with Crippen molar-refractivity contribution in [2.45, 2.75) is 33.4 Å². The number of carbonyl (C=O) groups excluding carboxylic acids is 1. The van der Waals surface area contributed by atoms with Gasteiger partial charge in [-0.05, 0) is 37.6 Å². The van der Waals surface area contributed by atoms with Crippen LogP contribution in [0.3, 0.4) is 0 Å². The highest BCUT2D eigenvalue weighted by Crippen LogP contribution is 2.28. The van der Waals surface area contributed by atoms with Gasteiger partial charge in [-0.25, -0.2) is 0 Å². The third-order valence-corrected chi connectivity index (χ3v) is 3.56. The number of carbonyl (C=O) groups is 2. The molecule has 122 valence electrons. The first-order valence-corrected chi connectivity index (χ1v) is 7.58. The lowest BCUT2D eigenvalue weighted by atomic mass is 10.0. The number of rotatable bonds is 6. The largest absolute Gasteiger partial charge is 0.491 e. The third kappa shape index (κ3) is 4.00. The Morgan fingerprint density at radius 1 is 1.13 bits per heavy atom. The van der Waals surface area contributed by atoms with Crippen molar-refractivity contribution in [3.8, 4) is 5.75 Å². The summed E-state index contributed by atoms with van der Waals surface area (Å²) in [5, 5.41) is 13.6. The van der Waals surface area contributed by atoms with Gasteiger partial charge in [-0.2, -0.15) is 0 Å². The fraction of sp³-hybridized carbons (Fsp3) is 0.333. The molecule has 5 nitrogen and oxygen atoms in total. The van der Waals surface area contributed by atoms with E-state index in [-0.39, 0.29) is 12.6 Å². The minimum atomic E-state index is -1.14. The van der Waals surface area contributed by atoms with Gasteiger partial charge >= 0.3 is 5.97 Å². The first-order valence-electron chi connectivity index (χ1n) is 7.58. The van der Waals surface area contributed by atoms with Crippen LogP contribution in [0.5, 0.6) is 5.75 Å². The van der Waals surface area contributed by atoms with Crippen LogP contribution in [0.15, 0.2) is 36.4 Å². The van der Waals surface area contributed by atoms with E-state index in [4.69, 9.17) is 9.84 Å². The molecule has 0 spiro atoms. The summed E-state index contributed by atoms with van der Waals surface area (Å²) in [7, 11) is 0. The number of carboxylic acids is 1. The molecule has 23 heavy (non-hydrogen) atoms. The average Bonchev–Trinajstić information content (AvgIpc) is 2.52. The second kappa shape index (κ2) is 7.13. The van der Waals surface area contributed by atoms with Crippen molar-refractivity contribution in [3.63, 3.8) is 0 Å². The second-order valence-corrected chi connectivity index (χ2v) is 5.71. The summed E-state index contributed by atoms with van der Waals surface area (Å²) in [6.45, 7) is 5.46. The first kappa shape index (κ1) is 16.8. The van der Waals surface area contributed by atoms with Crippen molar-refractivity contribution in [2.75, 3.05) is 0 Å². The highest BCUT2D eigenvalue weighted by Gasteiger charge is 2.21. The van der Waals surface area contributed by atoms with E-state index in [2.05, 4.69) is 5.32 Å². The molecule has 0 radical (unpaired) electrons. The lowest BCUT2D eigenvalue weighted by molar-refractivity contribution is -0.146. The highest BCUT2D eigenvalue weighted by atomic mass is 16.5. The summed E-state index contributed by atoms with van der Waals surface area (Å²) in [5.41, 5.74) is 0.850. The lowest BCUT2D eigenvalue weighted by Crippen LogP contribution is -2.33. The molecular formula is C18H21NO4. The van der Waals surface area contributed by atoms with Gasteiger partial charge in [0.05, 0.1) is 6.10 Å². The molecule has 0 heterocycles. The number of benzene rings is 2. The van der Waals surface area contributed by atoms with Crippen LogP contribution in [-0.2, 0) is 16.1 Å². The standard InChI is InChI=1S/C18H21NO4/c1-11(2)23-16-9-8-13-6-4-5-7-14(13)15(16)10-19-17(20)12(3)18(21)22/h4-9,11-12H,10H2,1-3H3,(H,19,20)(H,21,22). The van der Waals surface area contributed by atoms with E-state index in [0.717, 1.165) is 16.3 Å². The fourth-order valence-corrected chi connectivity index (χ4v) is 2.30. The van der Waals surface area contributed by atoms with Crippen molar-refractivity contribution in [1.82, 2.24) is 5.32 Å². The number of hydrogen-bond acceptors (Lipinski definition) is 3. The molecule has 0 saturated heterocycles. The molecule has 2 aromatic rings. The summed E-state index contributed by atoms with van der Waals surface area (Å²) < 4.78 is 5.83. The van der Waals surface area contributed by atoms with Gasteiger partial charge in [0.15, 0.2) is 0 Å². The lowest BCUT2D eigenvalue weighted by Gasteiger charge is -2.17. The van der Waals surface area contributed by atoms with Crippen LogP contribution in [0, 0.1) is 5.92 Å². The van der Waals surface area contributed by atoms with Gasteiger partial charge in [-0.3, -0.25) is 9.59 Å². The molecule has 1 amide bonds. The zero-order valence-electron chi connectivity index (χ0n) is 13.5. The van der Waals surface area contributed by atoms with Crippen LogP contribution in [0.2, 0.25) is 0 Å². The molecule has 1 unspecified atom stereocenters. The maximum atomic E-state index is 11.9. The third-order valence-electron chi connectivity index (χ3n) is 3.56. The van der Waals surface area contributed by atoms with Crippen molar-refractivity contribution in [3.05, 3.63) is 42.0 Å². The summed E-state index contributed by atoms with van der Waals surface area (Å²) in [6.07, 6.45) is 0.00329. The Morgan fingerprint density at radius 3 is 2.48 bits per heavy atom. The Bertz CT molecular complexity index is 724. The number of aliphatic carboxylic acids is 1. The zero-order valence-corrected chi connectivity index (χ0v) is 13.5. The Labute approximate surface area is 135 Å². The van der Waals surface area contributed by atoms with Crippen LogP contribution >= 0.6 is 0 Å². The molecule has 0 aromatic heterocycles. The van der Waals surface area contributed by atoms with Crippen molar-refractivity contribution in [1.29, 1.82) is 0 Å². The van der Waals surface area contributed by atoms with Crippen LogP contribution in [-0.4, -0.2) is 23.1 Å². The SMILES string of the molecule is CC(C)Oc1ccc2ccccc2c1CNC(=O)C(C)C(=O)O. The molecule has 0 aliphatic heterocycles. The molecular weight excluding hydrogens is 294 g/mol. The van der Waals surface area contributed by atoms with Gasteiger partial charge in [0, 0.05) is 12.1 Å². The molecule has 2 aromatic carbocycles. The van der Waals surface area contributed by atoms with E-state index >= 15 is 0 Å². The topological polar surface area (TPSA) is 75.6 Å². The van der Waals surface area contributed by atoms with Gasteiger partial charge in [0.2, 0.25) is 5.91 Å². The van der Waals surface area contributed by atoms with Gasteiger partial charge in [-0.15, -0.1) is 0 Å². The predicted molar refractivity (Wildman–Crippen MR) is 88.4 cm³/mol. The first-order chi connectivity index (χ1) is 10.9. The smallest absolute Gasteiger partial charge is 0.315 e. The van der Waals surface area contributed by atoms with E-state index in [9.17, 15) is 9.59 Å². The number of amides is 1. The van der Waals surface area contributed by atoms with E-state index in [1.807, 2.05) is 50.2 Å². The minimum absolute atomic E-state index is 0.00329. The Balaban J connectivity index is 2.32. The summed E-state index contributed by atoms with van der Waals surface area (Å²) in [4.78, 5) is 22.8.